The number of aromatic hydroxyl groups is 1. The van der Waals surface area contributed by atoms with Crippen LogP contribution >= 0.6 is 22.6 Å². The molecule has 0 aromatic heterocycles. The quantitative estimate of drug-likeness (QED) is 0.673. The third-order valence-corrected chi connectivity index (χ3v) is 5.05. The summed E-state index contributed by atoms with van der Waals surface area (Å²) >= 11 is 1.97. The van der Waals surface area contributed by atoms with Gasteiger partial charge in [0.2, 0.25) is 0 Å². The Kier molecular flexibility index (Phi) is 6.34. The van der Waals surface area contributed by atoms with Crippen molar-refractivity contribution in [3.8, 4) is 17.2 Å². The van der Waals surface area contributed by atoms with Gasteiger partial charge < -0.3 is 19.9 Å². The first-order chi connectivity index (χ1) is 11.0. The topological polar surface area (TPSA) is 71.0 Å². The van der Waals surface area contributed by atoms with E-state index in [1.807, 2.05) is 22.6 Å². The maximum Gasteiger partial charge on any atom is 0.259 e. The van der Waals surface area contributed by atoms with Gasteiger partial charge in [-0.25, -0.2) is 0 Å². The molecule has 1 aliphatic heterocycles. The van der Waals surface area contributed by atoms with Crippen LogP contribution in [0.15, 0.2) is 6.07 Å². The number of hydrogen-bond donors (Lipinski definition) is 2. The molecule has 0 saturated carbocycles. The maximum atomic E-state index is 12.6. The first kappa shape index (κ1) is 18.1. The molecule has 0 radical (unpaired) electrons. The Morgan fingerprint density at radius 3 is 2.83 bits per heavy atom. The van der Waals surface area contributed by atoms with Crippen molar-refractivity contribution in [1.82, 2.24) is 10.2 Å². The molecule has 0 bridgehead atoms. The molecule has 1 aromatic rings. The Hall–Kier alpha value is -1.22. The van der Waals surface area contributed by atoms with Crippen LogP contribution in [0.2, 0.25) is 0 Å². The van der Waals surface area contributed by atoms with Crippen LogP contribution in [-0.4, -0.2) is 55.8 Å². The van der Waals surface area contributed by atoms with Gasteiger partial charge in [-0.05, 0) is 48.5 Å². The highest BCUT2D eigenvalue weighted by atomic mass is 127. The molecule has 1 amide bonds. The lowest BCUT2D eigenvalue weighted by Gasteiger charge is -2.23. The van der Waals surface area contributed by atoms with E-state index < -0.39 is 0 Å². The average Bonchev–Trinajstić information content (AvgIpc) is 3.01. The second-order valence-electron chi connectivity index (χ2n) is 5.45. The van der Waals surface area contributed by atoms with Crippen LogP contribution in [0.3, 0.4) is 0 Å². The van der Waals surface area contributed by atoms with Crippen LogP contribution in [0.1, 0.15) is 30.1 Å². The number of likely N-dealkylation sites (N-methyl/N-ethyl adjacent to an activating group) is 1. The van der Waals surface area contributed by atoms with Gasteiger partial charge >= 0.3 is 0 Å². The van der Waals surface area contributed by atoms with E-state index in [0.717, 1.165) is 25.9 Å². The molecule has 7 heteroatoms. The predicted octanol–water partition coefficient (Wildman–Crippen LogP) is 2.23. The van der Waals surface area contributed by atoms with Crippen molar-refractivity contribution in [2.75, 3.05) is 33.9 Å². The summed E-state index contributed by atoms with van der Waals surface area (Å²) in [7, 11) is 2.96. The zero-order valence-electron chi connectivity index (χ0n) is 13.7. The minimum absolute atomic E-state index is 0.0838. The Bertz CT molecular complexity index is 580. The fourth-order valence-corrected chi connectivity index (χ4v) is 3.56. The lowest BCUT2D eigenvalue weighted by Crippen LogP contribution is -2.40. The highest BCUT2D eigenvalue weighted by molar-refractivity contribution is 14.1. The van der Waals surface area contributed by atoms with E-state index in [1.165, 1.54) is 14.2 Å². The average molecular weight is 434 g/mol. The first-order valence-corrected chi connectivity index (χ1v) is 8.77. The molecule has 1 saturated heterocycles. The molecule has 6 nitrogen and oxygen atoms in total. The van der Waals surface area contributed by atoms with E-state index in [1.54, 1.807) is 6.07 Å². The van der Waals surface area contributed by atoms with E-state index in [2.05, 4.69) is 17.1 Å². The number of ether oxygens (including phenoxy) is 2. The summed E-state index contributed by atoms with van der Waals surface area (Å²) in [5.41, 5.74) is 0.122. The summed E-state index contributed by atoms with van der Waals surface area (Å²) in [4.78, 5) is 14.9. The number of carbonyl (C=O) groups is 1. The van der Waals surface area contributed by atoms with Crippen molar-refractivity contribution in [2.45, 2.75) is 25.8 Å². The number of nitrogens with one attached hydrogen (secondary N) is 1. The summed E-state index contributed by atoms with van der Waals surface area (Å²) in [6, 6.07) is 1.99. The maximum absolute atomic E-state index is 12.6. The van der Waals surface area contributed by atoms with Gasteiger partial charge in [-0.2, -0.15) is 0 Å². The van der Waals surface area contributed by atoms with Gasteiger partial charge in [0.15, 0.2) is 11.5 Å². The Labute approximate surface area is 150 Å². The van der Waals surface area contributed by atoms with Gasteiger partial charge in [-0.1, -0.05) is 6.92 Å². The zero-order valence-corrected chi connectivity index (χ0v) is 15.8. The van der Waals surface area contributed by atoms with Crippen molar-refractivity contribution >= 4 is 28.5 Å². The van der Waals surface area contributed by atoms with Gasteiger partial charge in [0.05, 0.1) is 17.8 Å². The summed E-state index contributed by atoms with van der Waals surface area (Å²) in [6.07, 6.45) is 2.23. The Morgan fingerprint density at radius 2 is 2.22 bits per heavy atom. The fraction of sp³-hybridized carbons (Fsp3) is 0.562. The first-order valence-electron chi connectivity index (χ1n) is 7.69. The summed E-state index contributed by atoms with van der Waals surface area (Å²) in [6.45, 7) is 4.73. The number of carbonyl (C=O) groups excluding carboxylic acids is 1. The summed E-state index contributed by atoms with van der Waals surface area (Å²) in [5, 5.41) is 13.2. The third-order valence-electron chi connectivity index (χ3n) is 4.23. The fourth-order valence-electron chi connectivity index (χ4n) is 3.01. The number of nitrogens with zero attached hydrogens (tertiary/aromatic N) is 1. The zero-order chi connectivity index (χ0) is 17.0. The number of rotatable bonds is 6. The lowest BCUT2D eigenvalue weighted by molar-refractivity contribution is 0.0934. The number of hydrogen-bond acceptors (Lipinski definition) is 5. The van der Waals surface area contributed by atoms with Crippen LogP contribution in [-0.2, 0) is 0 Å². The van der Waals surface area contributed by atoms with E-state index in [-0.39, 0.29) is 23.0 Å². The number of benzene rings is 1. The molecule has 1 aromatic carbocycles. The minimum atomic E-state index is -0.348. The SMILES string of the molecule is CCN1CCC[C@@H]1CNC(=O)c1c(O)c(I)cc(OC)c1OC. The van der Waals surface area contributed by atoms with Crippen LogP contribution in [0.5, 0.6) is 17.2 Å². The molecule has 1 heterocycles. The van der Waals surface area contributed by atoms with Gasteiger partial charge in [0.1, 0.15) is 11.3 Å². The molecule has 0 spiro atoms. The standard InChI is InChI=1S/C16H23IN2O4/c1-4-19-7-5-6-10(19)9-18-16(21)13-14(20)11(17)8-12(22-2)15(13)23-3/h8,10,20H,4-7,9H2,1-3H3,(H,18,21)/t10-/m1/s1. The smallest absolute Gasteiger partial charge is 0.259 e. The van der Waals surface area contributed by atoms with Crippen molar-refractivity contribution in [1.29, 1.82) is 0 Å². The number of amides is 1. The number of halogens is 1. The highest BCUT2D eigenvalue weighted by Crippen LogP contribution is 2.40. The van der Waals surface area contributed by atoms with Crippen molar-refractivity contribution in [2.24, 2.45) is 0 Å². The van der Waals surface area contributed by atoms with Crippen molar-refractivity contribution in [3.63, 3.8) is 0 Å². The van der Waals surface area contributed by atoms with Gasteiger partial charge in [0, 0.05) is 18.7 Å². The van der Waals surface area contributed by atoms with Gasteiger partial charge in [-0.15, -0.1) is 0 Å². The van der Waals surface area contributed by atoms with Gasteiger partial charge in [0.25, 0.3) is 5.91 Å². The van der Waals surface area contributed by atoms with Crippen LogP contribution in [0.25, 0.3) is 0 Å². The highest BCUT2D eigenvalue weighted by Gasteiger charge is 2.27. The molecule has 0 unspecified atom stereocenters. The predicted molar refractivity (Wildman–Crippen MR) is 96.5 cm³/mol. The van der Waals surface area contributed by atoms with Crippen LogP contribution < -0.4 is 14.8 Å². The van der Waals surface area contributed by atoms with Crippen LogP contribution in [0, 0.1) is 3.57 Å². The van der Waals surface area contributed by atoms with Crippen molar-refractivity contribution < 1.29 is 19.4 Å². The molecule has 23 heavy (non-hydrogen) atoms. The van der Waals surface area contributed by atoms with E-state index >= 15 is 0 Å². The third kappa shape index (κ3) is 3.82. The van der Waals surface area contributed by atoms with Crippen LogP contribution in [0.4, 0.5) is 0 Å². The normalized spacial score (nSPS) is 18.0. The number of likely N-dealkylation sites (tertiary alicyclic amines) is 1. The second kappa shape index (κ2) is 8.05. The lowest BCUT2D eigenvalue weighted by atomic mass is 10.1. The summed E-state index contributed by atoms with van der Waals surface area (Å²) < 4.78 is 11.1. The molecule has 1 aliphatic rings. The molecule has 2 rings (SSSR count). The van der Waals surface area contributed by atoms with E-state index in [9.17, 15) is 9.90 Å². The Morgan fingerprint density at radius 1 is 1.48 bits per heavy atom. The molecule has 2 N–H and O–H groups in total. The number of methoxy groups -OCH3 is 2. The molecular formula is C16H23IN2O4. The van der Waals surface area contributed by atoms with E-state index in [4.69, 9.17) is 9.47 Å². The minimum Gasteiger partial charge on any atom is -0.506 e. The second-order valence-corrected chi connectivity index (χ2v) is 6.61. The van der Waals surface area contributed by atoms with Gasteiger partial charge in [-0.3, -0.25) is 9.69 Å². The number of phenolic OH excluding ortho intramolecular Hbond substituents is 1. The molecular weight excluding hydrogens is 411 g/mol. The largest absolute Gasteiger partial charge is 0.506 e. The molecule has 1 fully saturated rings. The van der Waals surface area contributed by atoms with Crippen molar-refractivity contribution in [3.05, 3.63) is 15.2 Å². The number of phenols is 1. The molecule has 1 atom stereocenters. The Balaban J connectivity index is 2.20. The monoisotopic (exact) mass is 434 g/mol. The molecule has 0 aliphatic carbocycles. The molecule has 128 valence electrons. The summed E-state index contributed by atoms with van der Waals surface area (Å²) in [5.74, 6) is 0.247. The van der Waals surface area contributed by atoms with E-state index in [0.29, 0.717) is 21.9 Å².